The summed E-state index contributed by atoms with van der Waals surface area (Å²) in [6.45, 7) is 5.81. The summed E-state index contributed by atoms with van der Waals surface area (Å²) >= 11 is 0. The van der Waals surface area contributed by atoms with Crippen molar-refractivity contribution in [1.29, 1.82) is 0 Å². The lowest BCUT2D eigenvalue weighted by atomic mass is 10.1. The van der Waals surface area contributed by atoms with Crippen molar-refractivity contribution in [3.8, 4) is 5.75 Å². The Hall–Kier alpha value is -3.08. The van der Waals surface area contributed by atoms with Crippen molar-refractivity contribution in [2.45, 2.75) is 33.2 Å². The van der Waals surface area contributed by atoms with Crippen LogP contribution in [0.3, 0.4) is 0 Å². The van der Waals surface area contributed by atoms with E-state index >= 15 is 0 Å². The van der Waals surface area contributed by atoms with E-state index in [1.165, 1.54) is 11.1 Å². The van der Waals surface area contributed by atoms with Crippen molar-refractivity contribution >= 4 is 5.91 Å². The SMILES string of the molecule is Cc1cccc(OCCC(=O)NCCc2nccn2Cc2ccccc2)c1C. The van der Waals surface area contributed by atoms with Gasteiger partial charge in [0.05, 0.1) is 13.0 Å². The third-order valence-corrected chi connectivity index (χ3v) is 4.81. The van der Waals surface area contributed by atoms with Crippen LogP contribution in [-0.2, 0) is 17.8 Å². The Morgan fingerprint density at radius 1 is 1.11 bits per heavy atom. The number of carbonyl (C=O) groups excluding carboxylic acids is 1. The van der Waals surface area contributed by atoms with Crippen LogP contribution in [0.5, 0.6) is 5.75 Å². The summed E-state index contributed by atoms with van der Waals surface area (Å²) in [5.41, 5.74) is 3.54. The zero-order chi connectivity index (χ0) is 19.8. The van der Waals surface area contributed by atoms with E-state index in [2.05, 4.69) is 40.0 Å². The number of amides is 1. The highest BCUT2D eigenvalue weighted by atomic mass is 16.5. The smallest absolute Gasteiger partial charge is 0.223 e. The number of hydrogen-bond acceptors (Lipinski definition) is 3. The molecule has 3 rings (SSSR count). The van der Waals surface area contributed by atoms with Gasteiger partial charge in [-0.2, -0.15) is 0 Å². The molecule has 1 N–H and O–H groups in total. The van der Waals surface area contributed by atoms with E-state index < -0.39 is 0 Å². The molecular weight excluding hydrogens is 350 g/mol. The predicted molar refractivity (Wildman–Crippen MR) is 111 cm³/mol. The highest BCUT2D eigenvalue weighted by Crippen LogP contribution is 2.20. The maximum absolute atomic E-state index is 12.1. The third kappa shape index (κ3) is 5.46. The molecule has 0 atom stereocenters. The van der Waals surface area contributed by atoms with Crippen LogP contribution in [0.4, 0.5) is 0 Å². The number of aromatic nitrogens is 2. The molecule has 2 aromatic carbocycles. The van der Waals surface area contributed by atoms with Gasteiger partial charge in [-0.05, 0) is 36.6 Å². The Kier molecular flexibility index (Phi) is 6.84. The van der Waals surface area contributed by atoms with Crippen LogP contribution in [0, 0.1) is 13.8 Å². The van der Waals surface area contributed by atoms with Crippen LogP contribution in [0.2, 0.25) is 0 Å². The van der Waals surface area contributed by atoms with Gasteiger partial charge in [-0.15, -0.1) is 0 Å². The van der Waals surface area contributed by atoms with Gasteiger partial charge in [0.2, 0.25) is 5.91 Å². The minimum atomic E-state index is -0.00790. The first-order chi connectivity index (χ1) is 13.6. The van der Waals surface area contributed by atoms with Crippen LogP contribution in [0.1, 0.15) is 28.9 Å². The van der Waals surface area contributed by atoms with Gasteiger partial charge in [-0.1, -0.05) is 42.5 Å². The summed E-state index contributed by atoms with van der Waals surface area (Å²) in [7, 11) is 0. The Labute approximate surface area is 166 Å². The topological polar surface area (TPSA) is 56.1 Å². The molecule has 0 aliphatic heterocycles. The first kappa shape index (κ1) is 19.7. The number of aryl methyl sites for hydroxylation is 1. The number of carbonyl (C=O) groups is 1. The maximum atomic E-state index is 12.1. The number of hydrogen-bond donors (Lipinski definition) is 1. The van der Waals surface area contributed by atoms with Crippen molar-refractivity contribution in [2.75, 3.05) is 13.2 Å². The second-order valence-corrected chi connectivity index (χ2v) is 6.85. The third-order valence-electron chi connectivity index (χ3n) is 4.81. The van der Waals surface area contributed by atoms with Gasteiger partial charge < -0.3 is 14.6 Å². The molecule has 5 heteroatoms. The van der Waals surface area contributed by atoms with Crippen LogP contribution in [-0.4, -0.2) is 28.6 Å². The van der Waals surface area contributed by atoms with E-state index in [1.807, 2.05) is 43.5 Å². The molecule has 0 saturated heterocycles. The summed E-state index contributed by atoms with van der Waals surface area (Å²) in [6.07, 6.45) is 4.82. The van der Waals surface area contributed by atoms with Crippen molar-refractivity contribution in [3.05, 3.63) is 83.4 Å². The van der Waals surface area contributed by atoms with Crippen molar-refractivity contribution in [3.63, 3.8) is 0 Å². The Balaban J connectivity index is 1.40. The summed E-state index contributed by atoms with van der Waals surface area (Å²) < 4.78 is 7.86. The molecule has 0 fully saturated rings. The lowest BCUT2D eigenvalue weighted by Gasteiger charge is -2.11. The van der Waals surface area contributed by atoms with Crippen molar-refractivity contribution in [1.82, 2.24) is 14.9 Å². The molecule has 1 heterocycles. The van der Waals surface area contributed by atoms with Crippen LogP contribution < -0.4 is 10.1 Å². The van der Waals surface area contributed by atoms with Crippen LogP contribution >= 0.6 is 0 Å². The Morgan fingerprint density at radius 2 is 1.93 bits per heavy atom. The monoisotopic (exact) mass is 377 g/mol. The van der Waals surface area contributed by atoms with Gasteiger partial charge in [0.1, 0.15) is 11.6 Å². The molecule has 1 amide bonds. The highest BCUT2D eigenvalue weighted by molar-refractivity contribution is 5.75. The van der Waals surface area contributed by atoms with Crippen LogP contribution in [0.15, 0.2) is 60.9 Å². The van der Waals surface area contributed by atoms with Gasteiger partial charge in [0.15, 0.2) is 0 Å². The van der Waals surface area contributed by atoms with E-state index in [0.29, 0.717) is 26.0 Å². The molecule has 1 aromatic heterocycles. The molecule has 0 aliphatic carbocycles. The minimum Gasteiger partial charge on any atom is -0.493 e. The molecule has 0 bridgehead atoms. The van der Waals surface area contributed by atoms with Gasteiger partial charge >= 0.3 is 0 Å². The lowest BCUT2D eigenvalue weighted by Crippen LogP contribution is -2.27. The number of imidazole rings is 1. The largest absolute Gasteiger partial charge is 0.493 e. The summed E-state index contributed by atoms with van der Waals surface area (Å²) in [4.78, 5) is 16.5. The predicted octanol–water partition coefficient (Wildman–Crippen LogP) is 3.68. The number of nitrogens with zero attached hydrogens (tertiary/aromatic N) is 2. The molecule has 0 saturated carbocycles. The molecule has 0 radical (unpaired) electrons. The number of ether oxygens (including phenoxy) is 1. The zero-order valence-corrected chi connectivity index (χ0v) is 16.5. The standard InChI is InChI=1S/C23H27N3O2/c1-18-7-6-10-21(19(18)2)28-16-12-23(27)25-13-11-22-24-14-15-26(22)17-20-8-4-3-5-9-20/h3-10,14-15H,11-13,16-17H2,1-2H3,(H,25,27). The molecule has 5 nitrogen and oxygen atoms in total. The second kappa shape index (κ2) is 9.74. The molecule has 0 spiro atoms. The minimum absolute atomic E-state index is 0.00790. The van der Waals surface area contributed by atoms with E-state index in [9.17, 15) is 4.79 Å². The molecule has 146 valence electrons. The van der Waals surface area contributed by atoms with Gasteiger partial charge in [0, 0.05) is 31.9 Å². The average molecular weight is 377 g/mol. The Bertz CT molecular complexity index is 903. The molecular formula is C23H27N3O2. The second-order valence-electron chi connectivity index (χ2n) is 6.85. The fraction of sp³-hybridized carbons (Fsp3) is 0.304. The normalized spacial score (nSPS) is 10.6. The Morgan fingerprint density at radius 3 is 2.75 bits per heavy atom. The van der Waals surface area contributed by atoms with Crippen molar-refractivity contribution < 1.29 is 9.53 Å². The fourth-order valence-corrected chi connectivity index (χ4v) is 3.03. The van der Waals surface area contributed by atoms with E-state index in [1.54, 1.807) is 6.20 Å². The molecule has 28 heavy (non-hydrogen) atoms. The maximum Gasteiger partial charge on any atom is 0.223 e. The molecule has 3 aromatic rings. The summed E-state index contributed by atoms with van der Waals surface area (Å²) in [5.74, 6) is 1.80. The first-order valence-corrected chi connectivity index (χ1v) is 9.63. The lowest BCUT2D eigenvalue weighted by molar-refractivity contribution is -0.121. The zero-order valence-electron chi connectivity index (χ0n) is 16.5. The van der Waals surface area contributed by atoms with Crippen LogP contribution in [0.25, 0.3) is 0 Å². The number of benzene rings is 2. The summed E-state index contributed by atoms with van der Waals surface area (Å²) in [5, 5.41) is 2.95. The number of rotatable bonds is 9. The number of nitrogens with one attached hydrogen (secondary N) is 1. The van der Waals surface area contributed by atoms with Gasteiger partial charge in [-0.3, -0.25) is 4.79 Å². The van der Waals surface area contributed by atoms with E-state index in [0.717, 1.165) is 23.7 Å². The average Bonchev–Trinajstić information content (AvgIpc) is 3.13. The van der Waals surface area contributed by atoms with Gasteiger partial charge in [-0.25, -0.2) is 4.98 Å². The van der Waals surface area contributed by atoms with E-state index in [-0.39, 0.29) is 5.91 Å². The highest BCUT2D eigenvalue weighted by Gasteiger charge is 2.07. The van der Waals surface area contributed by atoms with Gasteiger partial charge in [0.25, 0.3) is 0 Å². The molecule has 0 aliphatic rings. The van der Waals surface area contributed by atoms with E-state index in [4.69, 9.17) is 4.74 Å². The molecule has 0 unspecified atom stereocenters. The quantitative estimate of drug-likeness (QED) is 0.619. The fourth-order valence-electron chi connectivity index (χ4n) is 3.03. The summed E-state index contributed by atoms with van der Waals surface area (Å²) in [6, 6.07) is 16.2. The first-order valence-electron chi connectivity index (χ1n) is 9.63. The van der Waals surface area contributed by atoms with Crippen molar-refractivity contribution in [2.24, 2.45) is 0 Å².